The quantitative estimate of drug-likeness (QED) is 0.784. The van der Waals surface area contributed by atoms with Crippen molar-refractivity contribution in [3.05, 3.63) is 29.3 Å². The third-order valence-corrected chi connectivity index (χ3v) is 3.02. The molecule has 1 aromatic rings. The number of carbonyl (C=O) groups is 1. The van der Waals surface area contributed by atoms with Gasteiger partial charge in [-0.15, -0.1) is 0 Å². The van der Waals surface area contributed by atoms with Crippen LogP contribution in [0.1, 0.15) is 15.9 Å². The lowest BCUT2D eigenvalue weighted by Crippen LogP contribution is -2.41. The van der Waals surface area contributed by atoms with Gasteiger partial charge in [-0.05, 0) is 24.9 Å². The van der Waals surface area contributed by atoms with Crippen LogP contribution < -0.4 is 0 Å². The predicted molar refractivity (Wildman–Crippen MR) is 67.4 cm³/mol. The number of rotatable bonds is 2. The largest absolute Gasteiger partial charge is 0.417 e. The van der Waals surface area contributed by atoms with Gasteiger partial charge in [-0.3, -0.25) is 9.79 Å². The van der Waals surface area contributed by atoms with Gasteiger partial charge in [0.25, 0.3) is 5.91 Å². The number of aliphatic imine (C=N–C) groups is 1. The molecule has 1 fully saturated rings. The Morgan fingerprint density at radius 3 is 2.50 bits per heavy atom. The van der Waals surface area contributed by atoms with Crippen LogP contribution in [-0.4, -0.2) is 43.8 Å². The fourth-order valence-corrected chi connectivity index (χ4v) is 1.99. The molecule has 1 aromatic carbocycles. The second-order valence-corrected chi connectivity index (χ2v) is 4.29. The van der Waals surface area contributed by atoms with Gasteiger partial charge in [-0.2, -0.15) is 13.2 Å². The SMILES string of the molecule is C=Nc1ccc(C(=O)N2CCOCC2)c(C(F)(F)F)c1. The molecular weight excluding hydrogens is 273 g/mol. The summed E-state index contributed by atoms with van der Waals surface area (Å²) in [5, 5.41) is 0. The summed E-state index contributed by atoms with van der Waals surface area (Å²) in [4.78, 5) is 17.0. The number of carbonyl (C=O) groups excluding carboxylic acids is 1. The van der Waals surface area contributed by atoms with Crippen LogP contribution in [0.25, 0.3) is 0 Å². The number of amides is 1. The number of benzene rings is 1. The second kappa shape index (κ2) is 5.62. The van der Waals surface area contributed by atoms with E-state index >= 15 is 0 Å². The van der Waals surface area contributed by atoms with E-state index in [1.165, 1.54) is 11.0 Å². The molecule has 7 heteroatoms. The minimum atomic E-state index is -4.61. The van der Waals surface area contributed by atoms with Crippen molar-refractivity contribution in [2.75, 3.05) is 26.3 Å². The van der Waals surface area contributed by atoms with Gasteiger partial charge in [0.15, 0.2) is 0 Å². The molecule has 0 aliphatic carbocycles. The first kappa shape index (κ1) is 14.5. The molecule has 1 saturated heterocycles. The molecule has 1 aliphatic heterocycles. The first-order valence-electron chi connectivity index (χ1n) is 5.98. The minimum absolute atomic E-state index is 0.0795. The highest BCUT2D eigenvalue weighted by Crippen LogP contribution is 2.35. The molecule has 0 aromatic heterocycles. The van der Waals surface area contributed by atoms with E-state index in [1.807, 2.05) is 0 Å². The number of hydrogen-bond acceptors (Lipinski definition) is 3. The lowest BCUT2D eigenvalue weighted by molar-refractivity contribution is -0.138. The zero-order valence-electron chi connectivity index (χ0n) is 10.6. The van der Waals surface area contributed by atoms with Crippen LogP contribution in [0, 0.1) is 0 Å². The molecular formula is C13H13F3N2O2. The smallest absolute Gasteiger partial charge is 0.378 e. The Labute approximate surface area is 113 Å². The molecule has 0 radical (unpaired) electrons. The van der Waals surface area contributed by atoms with Crippen molar-refractivity contribution in [1.82, 2.24) is 4.90 Å². The third-order valence-electron chi connectivity index (χ3n) is 3.02. The lowest BCUT2D eigenvalue weighted by atomic mass is 10.0. The van der Waals surface area contributed by atoms with Crippen molar-refractivity contribution in [1.29, 1.82) is 0 Å². The molecule has 0 spiro atoms. The maximum atomic E-state index is 13.0. The highest BCUT2D eigenvalue weighted by Gasteiger charge is 2.36. The van der Waals surface area contributed by atoms with Crippen LogP contribution in [0.4, 0.5) is 18.9 Å². The molecule has 0 saturated carbocycles. The van der Waals surface area contributed by atoms with E-state index in [2.05, 4.69) is 11.7 Å². The number of hydrogen-bond donors (Lipinski definition) is 0. The Morgan fingerprint density at radius 2 is 1.95 bits per heavy atom. The summed E-state index contributed by atoms with van der Waals surface area (Å²) in [6.45, 7) is 4.43. The summed E-state index contributed by atoms with van der Waals surface area (Å²) in [7, 11) is 0. The summed E-state index contributed by atoms with van der Waals surface area (Å²) in [5.74, 6) is -0.642. The van der Waals surface area contributed by atoms with Crippen LogP contribution in [-0.2, 0) is 10.9 Å². The van der Waals surface area contributed by atoms with Gasteiger partial charge in [-0.25, -0.2) is 0 Å². The second-order valence-electron chi connectivity index (χ2n) is 4.29. The van der Waals surface area contributed by atoms with E-state index in [0.29, 0.717) is 13.2 Å². The zero-order valence-corrected chi connectivity index (χ0v) is 10.6. The molecule has 0 unspecified atom stereocenters. The van der Waals surface area contributed by atoms with Crippen molar-refractivity contribution in [2.45, 2.75) is 6.18 Å². The standard InChI is InChI=1S/C13H13F3N2O2/c1-17-9-2-3-10(11(8-9)13(14,15)16)12(19)18-4-6-20-7-5-18/h2-3,8H,1,4-7H2. The summed E-state index contributed by atoms with van der Waals surface area (Å²) in [6, 6.07) is 3.32. The summed E-state index contributed by atoms with van der Waals surface area (Å²) < 4.78 is 44.2. The number of ether oxygens (including phenoxy) is 1. The highest BCUT2D eigenvalue weighted by molar-refractivity contribution is 5.96. The first-order chi connectivity index (χ1) is 9.43. The highest BCUT2D eigenvalue weighted by atomic mass is 19.4. The lowest BCUT2D eigenvalue weighted by Gasteiger charge is -2.27. The number of morpholine rings is 1. The number of alkyl halides is 3. The zero-order chi connectivity index (χ0) is 14.8. The normalized spacial score (nSPS) is 16.1. The van der Waals surface area contributed by atoms with Crippen molar-refractivity contribution >= 4 is 18.3 Å². The molecule has 1 aliphatic rings. The molecule has 20 heavy (non-hydrogen) atoms. The van der Waals surface area contributed by atoms with Crippen molar-refractivity contribution in [3.63, 3.8) is 0 Å². The van der Waals surface area contributed by atoms with Gasteiger partial charge in [0.1, 0.15) is 0 Å². The van der Waals surface area contributed by atoms with Crippen LogP contribution in [0.15, 0.2) is 23.2 Å². The van der Waals surface area contributed by atoms with Crippen LogP contribution in [0.2, 0.25) is 0 Å². The molecule has 2 rings (SSSR count). The molecule has 0 N–H and O–H groups in total. The Kier molecular flexibility index (Phi) is 4.08. The summed E-state index contributed by atoms with van der Waals surface area (Å²) in [5.41, 5.74) is -1.28. The van der Waals surface area contributed by atoms with Crippen LogP contribution in [0.5, 0.6) is 0 Å². The fourth-order valence-electron chi connectivity index (χ4n) is 1.99. The van der Waals surface area contributed by atoms with Crippen molar-refractivity contribution < 1.29 is 22.7 Å². The van der Waals surface area contributed by atoms with E-state index in [0.717, 1.165) is 12.1 Å². The Morgan fingerprint density at radius 1 is 1.30 bits per heavy atom. The predicted octanol–water partition coefficient (Wildman–Crippen LogP) is 2.51. The maximum Gasteiger partial charge on any atom is 0.417 e. The van der Waals surface area contributed by atoms with E-state index < -0.39 is 17.6 Å². The molecule has 0 bridgehead atoms. The molecule has 1 heterocycles. The van der Waals surface area contributed by atoms with E-state index in [-0.39, 0.29) is 24.3 Å². The van der Waals surface area contributed by atoms with Crippen LogP contribution in [0.3, 0.4) is 0 Å². The van der Waals surface area contributed by atoms with Crippen molar-refractivity contribution in [2.24, 2.45) is 4.99 Å². The molecule has 108 valence electrons. The fraction of sp³-hybridized carbons (Fsp3) is 0.385. The molecule has 4 nitrogen and oxygen atoms in total. The Hall–Kier alpha value is -1.89. The van der Waals surface area contributed by atoms with E-state index in [1.54, 1.807) is 0 Å². The van der Waals surface area contributed by atoms with Gasteiger partial charge in [0, 0.05) is 13.1 Å². The third kappa shape index (κ3) is 2.98. The first-order valence-corrected chi connectivity index (χ1v) is 5.98. The van der Waals surface area contributed by atoms with Crippen LogP contribution >= 0.6 is 0 Å². The average Bonchev–Trinajstić information content (AvgIpc) is 2.46. The molecule has 0 atom stereocenters. The average molecular weight is 286 g/mol. The van der Waals surface area contributed by atoms with E-state index in [4.69, 9.17) is 4.74 Å². The summed E-state index contributed by atoms with van der Waals surface area (Å²) >= 11 is 0. The van der Waals surface area contributed by atoms with Gasteiger partial charge in [-0.1, -0.05) is 0 Å². The van der Waals surface area contributed by atoms with Crippen molar-refractivity contribution in [3.8, 4) is 0 Å². The van der Waals surface area contributed by atoms with E-state index in [9.17, 15) is 18.0 Å². The van der Waals surface area contributed by atoms with Gasteiger partial charge >= 0.3 is 6.18 Å². The number of nitrogens with zero attached hydrogens (tertiary/aromatic N) is 2. The minimum Gasteiger partial charge on any atom is -0.378 e. The van der Waals surface area contributed by atoms with Gasteiger partial charge in [0.2, 0.25) is 0 Å². The molecule has 1 amide bonds. The van der Waals surface area contributed by atoms with Gasteiger partial charge in [0.05, 0.1) is 30.0 Å². The van der Waals surface area contributed by atoms with Gasteiger partial charge < -0.3 is 9.64 Å². The maximum absolute atomic E-state index is 13.0. The topological polar surface area (TPSA) is 41.9 Å². The number of halogens is 3. The summed E-state index contributed by atoms with van der Waals surface area (Å²) in [6.07, 6.45) is -4.61. The Balaban J connectivity index is 2.39. The monoisotopic (exact) mass is 286 g/mol. The Bertz CT molecular complexity index is 523.